The highest BCUT2D eigenvalue weighted by Crippen LogP contribution is 2.16. The van der Waals surface area contributed by atoms with Crippen molar-refractivity contribution in [2.45, 2.75) is 26.4 Å². The Morgan fingerprint density at radius 2 is 1.92 bits per heavy atom. The first kappa shape index (κ1) is 20.1. The summed E-state index contributed by atoms with van der Waals surface area (Å²) < 4.78 is 13.0. The Hall–Kier alpha value is -1.97. The van der Waals surface area contributed by atoms with Crippen molar-refractivity contribution in [3.05, 3.63) is 35.6 Å². The van der Waals surface area contributed by atoms with Gasteiger partial charge in [0.2, 0.25) is 5.91 Å². The zero-order valence-corrected chi connectivity index (χ0v) is 14.6. The molecule has 0 heterocycles. The van der Waals surface area contributed by atoms with Crippen LogP contribution in [0.4, 0.5) is 4.39 Å². The maximum absolute atomic E-state index is 13.0. The third-order valence-corrected chi connectivity index (χ3v) is 3.65. The molecule has 0 unspecified atom stereocenters. The lowest BCUT2D eigenvalue weighted by Gasteiger charge is -2.28. The molecule has 1 rings (SSSR count). The van der Waals surface area contributed by atoms with E-state index in [1.165, 1.54) is 17.0 Å². The molecule has 132 valence electrons. The van der Waals surface area contributed by atoms with E-state index in [-0.39, 0.29) is 18.3 Å². The van der Waals surface area contributed by atoms with Crippen LogP contribution in [0.1, 0.15) is 31.9 Å². The fourth-order valence-electron chi connectivity index (χ4n) is 2.41. The molecular weight excluding hydrogens is 309 g/mol. The largest absolute Gasteiger partial charge is 0.387 e. The molecule has 1 atom stereocenters. The number of carbonyl (C=O) groups is 1. The van der Waals surface area contributed by atoms with Crippen LogP contribution < -0.4 is 0 Å². The quantitative estimate of drug-likeness (QED) is 0.751. The van der Waals surface area contributed by atoms with Gasteiger partial charge in [0, 0.05) is 26.7 Å². The first-order valence-corrected chi connectivity index (χ1v) is 8.10. The average molecular weight is 335 g/mol. The molecule has 1 amide bonds. The van der Waals surface area contributed by atoms with Gasteiger partial charge < -0.3 is 10.0 Å². The number of aliphatic hydroxyl groups is 1. The van der Waals surface area contributed by atoms with Crippen LogP contribution in [0.2, 0.25) is 0 Å². The average Bonchev–Trinajstić information content (AvgIpc) is 2.52. The van der Waals surface area contributed by atoms with E-state index in [0.717, 1.165) is 0 Å². The van der Waals surface area contributed by atoms with Crippen molar-refractivity contribution in [3.63, 3.8) is 0 Å². The number of carbonyl (C=O) groups excluding carboxylic acids is 1. The molecule has 1 aromatic carbocycles. The number of hydrogen-bond donors (Lipinski definition) is 1. The summed E-state index contributed by atoms with van der Waals surface area (Å²) in [6.07, 6.45) is -0.494. The third kappa shape index (κ3) is 7.07. The number of nitriles is 1. The van der Waals surface area contributed by atoms with Crippen LogP contribution in [-0.2, 0) is 4.79 Å². The molecule has 0 bridgehead atoms. The number of hydrogen-bond acceptors (Lipinski definition) is 4. The van der Waals surface area contributed by atoms with Gasteiger partial charge in [0.15, 0.2) is 0 Å². The number of halogens is 1. The van der Waals surface area contributed by atoms with Crippen molar-refractivity contribution in [2.24, 2.45) is 5.92 Å². The van der Waals surface area contributed by atoms with Gasteiger partial charge in [-0.1, -0.05) is 26.0 Å². The van der Waals surface area contributed by atoms with Gasteiger partial charge in [-0.05, 0) is 23.6 Å². The fourth-order valence-corrected chi connectivity index (χ4v) is 2.41. The van der Waals surface area contributed by atoms with Crippen LogP contribution in [0, 0.1) is 23.1 Å². The predicted octanol–water partition coefficient (Wildman–Crippen LogP) is 2.19. The van der Waals surface area contributed by atoms with E-state index in [1.54, 1.807) is 19.2 Å². The summed E-state index contributed by atoms with van der Waals surface area (Å²) in [5, 5.41) is 19.0. The Kier molecular flexibility index (Phi) is 8.37. The van der Waals surface area contributed by atoms with Crippen molar-refractivity contribution in [3.8, 4) is 6.07 Å². The van der Waals surface area contributed by atoms with Crippen molar-refractivity contribution >= 4 is 5.91 Å². The first-order valence-electron chi connectivity index (χ1n) is 8.10. The van der Waals surface area contributed by atoms with E-state index in [9.17, 15) is 14.3 Å². The second-order valence-electron chi connectivity index (χ2n) is 6.38. The lowest BCUT2D eigenvalue weighted by molar-refractivity contribution is -0.131. The molecule has 6 heteroatoms. The smallest absolute Gasteiger partial charge is 0.236 e. The zero-order chi connectivity index (χ0) is 18.1. The van der Waals surface area contributed by atoms with E-state index in [4.69, 9.17) is 5.26 Å². The van der Waals surface area contributed by atoms with Crippen molar-refractivity contribution in [1.29, 1.82) is 5.26 Å². The van der Waals surface area contributed by atoms with Crippen LogP contribution >= 0.6 is 0 Å². The monoisotopic (exact) mass is 335 g/mol. The van der Waals surface area contributed by atoms with E-state index in [0.29, 0.717) is 37.5 Å². The van der Waals surface area contributed by atoms with Gasteiger partial charge in [0.05, 0.1) is 25.1 Å². The van der Waals surface area contributed by atoms with Crippen LogP contribution in [0.3, 0.4) is 0 Å². The third-order valence-electron chi connectivity index (χ3n) is 3.65. The maximum Gasteiger partial charge on any atom is 0.236 e. The Morgan fingerprint density at radius 3 is 2.46 bits per heavy atom. The molecule has 0 aromatic heterocycles. The molecule has 0 saturated heterocycles. The van der Waals surface area contributed by atoms with Crippen LogP contribution in [0.25, 0.3) is 0 Å². The van der Waals surface area contributed by atoms with Gasteiger partial charge in [0.1, 0.15) is 5.82 Å². The number of benzene rings is 1. The minimum Gasteiger partial charge on any atom is -0.387 e. The van der Waals surface area contributed by atoms with E-state index < -0.39 is 6.10 Å². The van der Waals surface area contributed by atoms with E-state index >= 15 is 0 Å². The Labute approximate surface area is 143 Å². The minimum atomic E-state index is -0.790. The molecule has 0 aliphatic heterocycles. The van der Waals surface area contributed by atoms with Crippen molar-refractivity contribution in [1.82, 2.24) is 9.80 Å². The molecule has 0 saturated carbocycles. The number of amides is 1. The lowest BCUT2D eigenvalue weighted by atomic mass is 10.1. The lowest BCUT2D eigenvalue weighted by Crippen LogP contribution is -2.42. The highest BCUT2D eigenvalue weighted by atomic mass is 19.1. The normalized spacial score (nSPS) is 12.2. The van der Waals surface area contributed by atoms with Crippen LogP contribution in [0.5, 0.6) is 0 Å². The number of rotatable bonds is 9. The predicted molar refractivity (Wildman–Crippen MR) is 90.5 cm³/mol. The molecule has 0 spiro atoms. The number of aliphatic hydroxyl groups excluding tert-OH is 1. The second kappa shape index (κ2) is 10.0. The molecular formula is C18H26FN3O2. The van der Waals surface area contributed by atoms with Gasteiger partial charge in [-0.25, -0.2) is 4.39 Å². The maximum atomic E-state index is 13.0. The second-order valence-corrected chi connectivity index (χ2v) is 6.38. The summed E-state index contributed by atoms with van der Waals surface area (Å²) in [5.41, 5.74) is 0.621. The molecule has 5 nitrogen and oxygen atoms in total. The van der Waals surface area contributed by atoms with Crippen LogP contribution in [0.15, 0.2) is 24.3 Å². The number of likely N-dealkylation sites (N-methyl/N-ethyl adjacent to an activating group) is 1. The Morgan fingerprint density at radius 1 is 1.29 bits per heavy atom. The Bertz CT molecular complexity index is 554. The Balaban J connectivity index is 2.69. The molecule has 1 aromatic rings. The summed E-state index contributed by atoms with van der Waals surface area (Å²) in [6.45, 7) is 5.61. The summed E-state index contributed by atoms with van der Waals surface area (Å²) >= 11 is 0. The minimum absolute atomic E-state index is 0.0859. The topological polar surface area (TPSA) is 67.6 Å². The summed E-state index contributed by atoms with van der Waals surface area (Å²) in [6, 6.07) is 7.74. The summed E-state index contributed by atoms with van der Waals surface area (Å²) in [7, 11) is 1.67. The van der Waals surface area contributed by atoms with E-state index in [2.05, 4.69) is 0 Å². The van der Waals surface area contributed by atoms with E-state index in [1.807, 2.05) is 24.8 Å². The SMILES string of the molecule is CC(C)CN(CC(=O)N(C)CCC#N)C[C@H](O)c1ccc(F)cc1. The van der Waals surface area contributed by atoms with Gasteiger partial charge in [0.25, 0.3) is 0 Å². The van der Waals surface area contributed by atoms with Gasteiger partial charge in [-0.2, -0.15) is 5.26 Å². The number of nitrogens with zero attached hydrogens (tertiary/aromatic N) is 3. The molecule has 0 radical (unpaired) electrons. The molecule has 0 aliphatic rings. The molecule has 1 N–H and O–H groups in total. The van der Waals surface area contributed by atoms with Gasteiger partial charge in [-0.15, -0.1) is 0 Å². The summed E-state index contributed by atoms with van der Waals surface area (Å²) in [4.78, 5) is 15.7. The highest BCUT2D eigenvalue weighted by Gasteiger charge is 2.19. The molecule has 0 fully saturated rings. The molecule has 24 heavy (non-hydrogen) atoms. The fraction of sp³-hybridized carbons (Fsp3) is 0.556. The van der Waals surface area contributed by atoms with Crippen molar-refractivity contribution in [2.75, 3.05) is 33.2 Å². The van der Waals surface area contributed by atoms with Crippen molar-refractivity contribution < 1.29 is 14.3 Å². The zero-order valence-electron chi connectivity index (χ0n) is 14.6. The van der Waals surface area contributed by atoms with Gasteiger partial charge >= 0.3 is 0 Å². The van der Waals surface area contributed by atoms with Crippen LogP contribution in [-0.4, -0.2) is 54.0 Å². The highest BCUT2D eigenvalue weighted by molar-refractivity contribution is 5.78. The standard InChI is InChI=1S/C18H26FN3O2/c1-14(2)11-22(13-18(24)21(3)10-4-9-20)12-17(23)15-5-7-16(19)8-6-15/h5-8,14,17,23H,4,10-13H2,1-3H3/t17-/m0/s1. The first-order chi connectivity index (χ1) is 11.3. The molecule has 0 aliphatic carbocycles. The van der Waals surface area contributed by atoms with Gasteiger partial charge in [-0.3, -0.25) is 9.69 Å². The summed E-state index contributed by atoms with van der Waals surface area (Å²) in [5.74, 6) is -0.0980.